The van der Waals surface area contributed by atoms with Crippen LogP contribution in [-0.4, -0.2) is 10.5 Å². The van der Waals surface area contributed by atoms with Gasteiger partial charge in [0.1, 0.15) is 4.99 Å². The molecule has 0 fully saturated rings. The first-order chi connectivity index (χ1) is 10.3. The first-order valence-electron chi connectivity index (χ1n) is 5.95. The van der Waals surface area contributed by atoms with E-state index in [0.717, 1.165) is 23.2 Å². The highest BCUT2D eigenvalue weighted by atomic mass is 32.1. The molecule has 118 valence electrons. The lowest BCUT2D eigenvalue weighted by molar-refractivity contribution is -0.137. The van der Waals surface area contributed by atoms with Crippen molar-refractivity contribution in [3.05, 3.63) is 71.8 Å². The maximum absolute atomic E-state index is 11.8. The summed E-state index contributed by atoms with van der Waals surface area (Å²) in [5.41, 5.74) is 11.3. The Morgan fingerprint density at radius 2 is 1.27 bits per heavy atom. The minimum Gasteiger partial charge on any atom is -0.396 e. The first-order valence-corrected chi connectivity index (χ1v) is 6.83. The molecule has 0 aromatic heterocycles. The lowest BCUT2D eigenvalue weighted by Gasteiger charge is -2.03. The number of rotatable bonds is 1. The largest absolute Gasteiger partial charge is 0.416 e. The van der Waals surface area contributed by atoms with Gasteiger partial charge in [0.2, 0.25) is 0 Å². The van der Waals surface area contributed by atoms with Crippen molar-refractivity contribution in [2.24, 2.45) is 11.5 Å². The van der Waals surface area contributed by atoms with Crippen molar-refractivity contribution in [3.8, 4) is 0 Å². The molecular weight excluding hydrogens is 329 g/mol. The Labute approximate surface area is 137 Å². The highest BCUT2D eigenvalue weighted by Gasteiger charge is 2.29. The lowest BCUT2D eigenvalue weighted by Crippen LogP contribution is -2.08. The van der Waals surface area contributed by atoms with E-state index in [1.54, 1.807) is 6.07 Å². The summed E-state index contributed by atoms with van der Waals surface area (Å²) in [4.78, 5) is 0.454. The van der Waals surface area contributed by atoms with Crippen LogP contribution in [-0.2, 0) is 6.18 Å². The summed E-state index contributed by atoms with van der Waals surface area (Å²) in [5.74, 6) is 0. The molecule has 2 rings (SSSR count). The highest BCUT2D eigenvalue weighted by Crippen LogP contribution is 2.28. The molecule has 7 heteroatoms. The third-order valence-electron chi connectivity index (χ3n) is 2.16. The van der Waals surface area contributed by atoms with E-state index >= 15 is 0 Å². The smallest absolute Gasteiger partial charge is 0.396 e. The predicted octanol–water partition coefficient (Wildman–Crippen LogP) is 3.93. The van der Waals surface area contributed by atoms with E-state index in [0.29, 0.717) is 4.99 Å². The second-order valence-electron chi connectivity index (χ2n) is 3.73. The Morgan fingerprint density at radius 1 is 0.909 bits per heavy atom. The minimum absolute atomic E-state index is 0.454. The third-order valence-corrected chi connectivity index (χ3v) is 2.40. The number of nitrogens with two attached hydrogens (primary N) is 2. The third kappa shape index (κ3) is 9.04. The van der Waals surface area contributed by atoms with Gasteiger partial charge in [-0.1, -0.05) is 85.1 Å². The summed E-state index contributed by atoms with van der Waals surface area (Å²) in [6.45, 7) is 0. The Balaban J connectivity index is 0.000000342. The molecular formula is C15H15F3N2S2. The molecule has 0 saturated heterocycles. The molecule has 0 bridgehead atoms. The van der Waals surface area contributed by atoms with Gasteiger partial charge < -0.3 is 11.5 Å². The van der Waals surface area contributed by atoms with Gasteiger partial charge in [-0.05, 0) is 0 Å². The number of thiocarbonyl (C=S) groups is 2. The second-order valence-corrected chi connectivity index (χ2v) is 4.44. The Bertz CT molecular complexity index is 558. The summed E-state index contributed by atoms with van der Waals surface area (Å²) in [5, 5.41) is 0. The molecule has 4 N–H and O–H groups in total. The fraction of sp³-hybridized carbons (Fsp3) is 0.0667. The topological polar surface area (TPSA) is 52.0 Å². The highest BCUT2D eigenvalue weighted by molar-refractivity contribution is 7.80. The number of benzene rings is 2. The van der Waals surface area contributed by atoms with Crippen molar-refractivity contribution < 1.29 is 13.2 Å². The van der Waals surface area contributed by atoms with Crippen molar-refractivity contribution >= 4 is 34.9 Å². The van der Waals surface area contributed by atoms with E-state index in [1.807, 2.05) is 30.3 Å². The molecule has 0 heterocycles. The van der Waals surface area contributed by atoms with Crippen LogP contribution < -0.4 is 11.5 Å². The molecule has 0 aliphatic carbocycles. The molecule has 0 amide bonds. The van der Waals surface area contributed by atoms with Crippen LogP contribution in [0.5, 0.6) is 0 Å². The van der Waals surface area contributed by atoms with Gasteiger partial charge in [-0.25, -0.2) is 0 Å². The van der Waals surface area contributed by atoms with Crippen molar-refractivity contribution in [2.45, 2.75) is 6.18 Å². The van der Waals surface area contributed by atoms with Gasteiger partial charge in [-0.15, -0.1) is 0 Å². The summed E-state index contributed by atoms with van der Waals surface area (Å²) >= 11 is 8.79. The van der Waals surface area contributed by atoms with Gasteiger partial charge >= 0.3 is 6.18 Å². The standard InChI is InChI=1S/C7H5F3.C7H7NS.CH3NS/c8-7(9,10)6-4-2-1-3-5-6;8-7(9)6-4-2-1-3-5-6;2-1-3/h1-5H;1-5H,(H2,8,9);1H,(H2,2,3). The number of alkyl halides is 3. The van der Waals surface area contributed by atoms with Gasteiger partial charge in [-0.2, -0.15) is 13.2 Å². The average molecular weight is 344 g/mol. The fourth-order valence-corrected chi connectivity index (χ4v) is 1.37. The van der Waals surface area contributed by atoms with E-state index in [-0.39, 0.29) is 0 Å². The zero-order valence-corrected chi connectivity index (χ0v) is 13.1. The average Bonchev–Trinajstić information content (AvgIpc) is 2.50. The van der Waals surface area contributed by atoms with Crippen LogP contribution in [0.15, 0.2) is 60.7 Å². The number of hydrogen-bond acceptors (Lipinski definition) is 2. The predicted molar refractivity (Wildman–Crippen MR) is 91.6 cm³/mol. The van der Waals surface area contributed by atoms with Crippen LogP contribution in [0.25, 0.3) is 0 Å². The van der Waals surface area contributed by atoms with Crippen molar-refractivity contribution in [3.63, 3.8) is 0 Å². The zero-order chi connectivity index (χ0) is 17.0. The molecule has 2 nitrogen and oxygen atoms in total. The molecule has 2 aromatic rings. The molecule has 0 radical (unpaired) electrons. The minimum atomic E-state index is -4.21. The fourth-order valence-electron chi connectivity index (χ4n) is 1.23. The molecule has 0 saturated carbocycles. The van der Waals surface area contributed by atoms with E-state index < -0.39 is 11.7 Å². The quantitative estimate of drug-likeness (QED) is 0.770. The summed E-state index contributed by atoms with van der Waals surface area (Å²) < 4.78 is 35.4. The molecule has 0 unspecified atom stereocenters. The van der Waals surface area contributed by atoms with Crippen molar-refractivity contribution in [2.75, 3.05) is 0 Å². The monoisotopic (exact) mass is 344 g/mol. The number of halogens is 3. The second kappa shape index (κ2) is 10.7. The van der Waals surface area contributed by atoms with Crippen LogP contribution >= 0.6 is 24.4 Å². The summed E-state index contributed by atoms with van der Waals surface area (Å²) in [7, 11) is 0. The van der Waals surface area contributed by atoms with Crippen molar-refractivity contribution in [1.29, 1.82) is 0 Å². The van der Waals surface area contributed by atoms with E-state index in [4.69, 9.17) is 18.0 Å². The number of hydrogen-bond donors (Lipinski definition) is 2. The normalized spacial score (nSPS) is 9.41. The van der Waals surface area contributed by atoms with Gasteiger partial charge in [-0.3, -0.25) is 0 Å². The molecule has 22 heavy (non-hydrogen) atoms. The SMILES string of the molecule is FC(F)(F)c1ccccc1.NC(=S)c1ccccc1.NC=S. The maximum Gasteiger partial charge on any atom is 0.416 e. The van der Waals surface area contributed by atoms with E-state index in [9.17, 15) is 13.2 Å². The van der Waals surface area contributed by atoms with Gasteiger partial charge in [0.25, 0.3) is 0 Å². The Hall–Kier alpha value is -1.99. The van der Waals surface area contributed by atoms with Gasteiger partial charge in [0.15, 0.2) is 0 Å². The van der Waals surface area contributed by atoms with E-state index in [1.165, 1.54) is 12.1 Å². The molecule has 2 aromatic carbocycles. The Kier molecular flexibility index (Phi) is 9.73. The lowest BCUT2D eigenvalue weighted by atomic mass is 10.2. The first kappa shape index (κ1) is 20.0. The maximum atomic E-state index is 11.8. The molecule has 0 atom stereocenters. The van der Waals surface area contributed by atoms with E-state index in [2.05, 4.69) is 18.0 Å². The molecule has 0 spiro atoms. The van der Waals surface area contributed by atoms with Gasteiger partial charge in [0.05, 0.1) is 11.1 Å². The van der Waals surface area contributed by atoms with Crippen LogP contribution in [0.2, 0.25) is 0 Å². The molecule has 0 aliphatic rings. The van der Waals surface area contributed by atoms with Crippen LogP contribution in [0.3, 0.4) is 0 Å². The van der Waals surface area contributed by atoms with Crippen molar-refractivity contribution in [1.82, 2.24) is 0 Å². The molecule has 0 aliphatic heterocycles. The van der Waals surface area contributed by atoms with Gasteiger partial charge in [0, 0.05) is 5.56 Å². The van der Waals surface area contributed by atoms with Crippen LogP contribution in [0.1, 0.15) is 11.1 Å². The summed E-state index contributed by atoms with van der Waals surface area (Å²) in [6.07, 6.45) is -4.21. The summed E-state index contributed by atoms with van der Waals surface area (Å²) in [6, 6.07) is 15.9. The zero-order valence-electron chi connectivity index (χ0n) is 11.5. The van der Waals surface area contributed by atoms with Crippen LogP contribution in [0, 0.1) is 0 Å². The Morgan fingerprint density at radius 3 is 1.50 bits per heavy atom. The van der Waals surface area contributed by atoms with Crippen LogP contribution in [0.4, 0.5) is 13.2 Å².